The van der Waals surface area contributed by atoms with Crippen LogP contribution in [-0.2, 0) is 9.53 Å². The maximum absolute atomic E-state index is 11.5. The van der Waals surface area contributed by atoms with Gasteiger partial charge in [0.2, 0.25) is 0 Å². The molecule has 3 rings (SSSR count). The van der Waals surface area contributed by atoms with Crippen LogP contribution in [0.25, 0.3) is 5.57 Å². The van der Waals surface area contributed by atoms with E-state index >= 15 is 0 Å². The topological polar surface area (TPSA) is 42.4 Å². The molecule has 0 radical (unpaired) electrons. The Morgan fingerprint density at radius 3 is 2.95 bits per heavy atom. The zero-order chi connectivity index (χ0) is 13.8. The Morgan fingerprint density at radius 2 is 2.20 bits per heavy atom. The molecule has 0 saturated carbocycles. The van der Waals surface area contributed by atoms with Gasteiger partial charge in [-0.15, -0.1) is 0 Å². The van der Waals surface area contributed by atoms with E-state index in [2.05, 4.69) is 28.1 Å². The quantitative estimate of drug-likeness (QED) is 0.787. The summed E-state index contributed by atoms with van der Waals surface area (Å²) >= 11 is 0. The van der Waals surface area contributed by atoms with Gasteiger partial charge in [-0.1, -0.05) is 6.08 Å². The maximum Gasteiger partial charge on any atom is 0.309 e. The first kappa shape index (κ1) is 13.3. The van der Waals surface area contributed by atoms with Gasteiger partial charge in [0.05, 0.1) is 12.5 Å². The fourth-order valence-electron chi connectivity index (χ4n) is 2.91. The molecule has 4 heteroatoms. The van der Waals surface area contributed by atoms with Gasteiger partial charge in [0.25, 0.3) is 0 Å². The van der Waals surface area contributed by atoms with Gasteiger partial charge < -0.3 is 4.74 Å². The molecule has 1 unspecified atom stereocenters. The van der Waals surface area contributed by atoms with E-state index in [4.69, 9.17) is 4.74 Å². The van der Waals surface area contributed by atoms with E-state index in [9.17, 15) is 4.79 Å². The molecule has 1 fully saturated rings. The van der Waals surface area contributed by atoms with Crippen molar-refractivity contribution in [2.45, 2.75) is 19.3 Å². The highest BCUT2D eigenvalue weighted by molar-refractivity contribution is 5.74. The van der Waals surface area contributed by atoms with E-state index in [0.717, 1.165) is 38.9 Å². The molecule has 4 nitrogen and oxygen atoms in total. The number of nitrogens with zero attached hydrogens (tertiary/aromatic N) is 2. The predicted molar refractivity (Wildman–Crippen MR) is 77.0 cm³/mol. The third-order valence-electron chi connectivity index (χ3n) is 4.12. The van der Waals surface area contributed by atoms with Crippen LogP contribution >= 0.6 is 0 Å². The molecule has 1 aromatic rings. The molecule has 0 aliphatic carbocycles. The van der Waals surface area contributed by atoms with Gasteiger partial charge in [-0.2, -0.15) is 0 Å². The Kier molecular flexibility index (Phi) is 4.11. The van der Waals surface area contributed by atoms with Crippen molar-refractivity contribution in [2.24, 2.45) is 5.92 Å². The highest BCUT2D eigenvalue weighted by atomic mass is 16.5. The molecular formula is C16H20N2O2. The molecule has 106 valence electrons. The van der Waals surface area contributed by atoms with Crippen LogP contribution in [0.3, 0.4) is 0 Å². The summed E-state index contributed by atoms with van der Waals surface area (Å²) in [4.78, 5) is 18.0. The van der Waals surface area contributed by atoms with Gasteiger partial charge in [-0.3, -0.25) is 14.7 Å². The smallest absolute Gasteiger partial charge is 0.309 e. The number of esters is 1. The van der Waals surface area contributed by atoms with Crippen molar-refractivity contribution in [1.82, 2.24) is 9.88 Å². The molecule has 0 bridgehead atoms. The van der Waals surface area contributed by atoms with Crippen LogP contribution in [0.15, 0.2) is 30.6 Å². The second kappa shape index (κ2) is 6.18. The van der Waals surface area contributed by atoms with Crippen molar-refractivity contribution in [1.29, 1.82) is 0 Å². The van der Waals surface area contributed by atoms with Crippen LogP contribution < -0.4 is 0 Å². The van der Waals surface area contributed by atoms with Gasteiger partial charge in [-0.05, 0) is 49.1 Å². The van der Waals surface area contributed by atoms with Crippen LogP contribution in [0.1, 0.15) is 24.8 Å². The molecular weight excluding hydrogens is 252 g/mol. The summed E-state index contributed by atoms with van der Waals surface area (Å²) < 4.78 is 5.02. The van der Waals surface area contributed by atoms with Crippen LogP contribution in [0.5, 0.6) is 0 Å². The average molecular weight is 272 g/mol. The van der Waals surface area contributed by atoms with Crippen LogP contribution in [0.4, 0.5) is 0 Å². The number of rotatable bonds is 4. The lowest BCUT2D eigenvalue weighted by Gasteiger charge is -2.28. The molecule has 2 aliphatic rings. The molecule has 2 aliphatic heterocycles. The Hall–Kier alpha value is -1.68. The summed E-state index contributed by atoms with van der Waals surface area (Å²) in [6, 6.07) is 4.12. The van der Waals surface area contributed by atoms with Crippen LogP contribution in [-0.4, -0.2) is 42.1 Å². The summed E-state index contributed by atoms with van der Waals surface area (Å²) in [7, 11) is 0. The minimum absolute atomic E-state index is 0.00749. The van der Waals surface area contributed by atoms with Gasteiger partial charge >= 0.3 is 5.97 Å². The first-order valence-electron chi connectivity index (χ1n) is 7.31. The summed E-state index contributed by atoms with van der Waals surface area (Å²) in [5.41, 5.74) is 2.62. The second-order valence-electron chi connectivity index (χ2n) is 5.47. The lowest BCUT2D eigenvalue weighted by molar-refractivity contribution is -0.141. The van der Waals surface area contributed by atoms with E-state index in [-0.39, 0.29) is 11.9 Å². The Balaban J connectivity index is 1.55. The van der Waals surface area contributed by atoms with E-state index in [1.165, 1.54) is 11.1 Å². The molecule has 1 atom stereocenters. The number of hydrogen-bond donors (Lipinski definition) is 0. The zero-order valence-electron chi connectivity index (χ0n) is 11.6. The fourth-order valence-corrected chi connectivity index (χ4v) is 2.91. The third-order valence-corrected chi connectivity index (χ3v) is 4.12. The SMILES string of the molecule is O=C1OCCC1CCN1CCC=C(c2ccncc2)C1. The number of pyridine rings is 1. The Labute approximate surface area is 119 Å². The highest BCUT2D eigenvalue weighted by Crippen LogP contribution is 2.23. The number of ether oxygens (including phenoxy) is 1. The largest absolute Gasteiger partial charge is 0.465 e. The molecule has 0 spiro atoms. The van der Waals surface area contributed by atoms with Crippen molar-refractivity contribution in [3.63, 3.8) is 0 Å². The summed E-state index contributed by atoms with van der Waals surface area (Å²) in [5, 5.41) is 0. The molecule has 20 heavy (non-hydrogen) atoms. The lowest BCUT2D eigenvalue weighted by Crippen LogP contribution is -2.32. The Morgan fingerprint density at radius 1 is 1.35 bits per heavy atom. The van der Waals surface area contributed by atoms with Gasteiger partial charge in [-0.25, -0.2) is 0 Å². The van der Waals surface area contributed by atoms with Crippen molar-refractivity contribution in [2.75, 3.05) is 26.2 Å². The van der Waals surface area contributed by atoms with E-state index < -0.39 is 0 Å². The summed E-state index contributed by atoms with van der Waals surface area (Å²) in [6.45, 7) is 3.62. The van der Waals surface area contributed by atoms with E-state index in [0.29, 0.717) is 6.61 Å². The van der Waals surface area contributed by atoms with Gasteiger partial charge in [0, 0.05) is 25.5 Å². The minimum atomic E-state index is -0.00749. The first-order valence-corrected chi connectivity index (χ1v) is 7.31. The van der Waals surface area contributed by atoms with Crippen molar-refractivity contribution in [3.8, 4) is 0 Å². The van der Waals surface area contributed by atoms with Crippen molar-refractivity contribution >= 4 is 11.5 Å². The molecule has 0 aromatic carbocycles. The number of cyclic esters (lactones) is 1. The normalized spacial score (nSPS) is 23.5. The van der Waals surface area contributed by atoms with Crippen LogP contribution in [0, 0.1) is 5.92 Å². The molecule has 3 heterocycles. The predicted octanol–water partition coefficient (Wildman–Crippen LogP) is 2.12. The highest BCUT2D eigenvalue weighted by Gasteiger charge is 2.27. The lowest BCUT2D eigenvalue weighted by atomic mass is 10.00. The molecule has 0 N–H and O–H groups in total. The number of aromatic nitrogens is 1. The van der Waals surface area contributed by atoms with Crippen LogP contribution in [0.2, 0.25) is 0 Å². The van der Waals surface area contributed by atoms with E-state index in [1.807, 2.05) is 12.4 Å². The molecule has 1 saturated heterocycles. The monoisotopic (exact) mass is 272 g/mol. The number of carbonyl (C=O) groups is 1. The second-order valence-corrected chi connectivity index (χ2v) is 5.47. The average Bonchev–Trinajstić information content (AvgIpc) is 2.92. The minimum Gasteiger partial charge on any atom is -0.465 e. The van der Waals surface area contributed by atoms with Gasteiger partial charge in [0.1, 0.15) is 0 Å². The summed E-state index contributed by atoms with van der Waals surface area (Å²) in [5.74, 6) is 0.109. The molecule has 0 amide bonds. The standard InChI is InChI=1S/C16H20N2O2/c19-16-14(6-11-20-16)5-10-18-9-1-2-15(12-18)13-3-7-17-8-4-13/h2-4,7-8,14H,1,5-6,9-12H2. The Bertz CT molecular complexity index is 498. The first-order chi connectivity index (χ1) is 9.83. The maximum atomic E-state index is 11.5. The number of hydrogen-bond acceptors (Lipinski definition) is 4. The van der Waals surface area contributed by atoms with Gasteiger partial charge in [0.15, 0.2) is 0 Å². The summed E-state index contributed by atoms with van der Waals surface area (Å²) in [6.07, 6.45) is 8.87. The van der Waals surface area contributed by atoms with E-state index in [1.54, 1.807) is 0 Å². The third kappa shape index (κ3) is 3.07. The van der Waals surface area contributed by atoms with Crippen molar-refractivity contribution in [3.05, 3.63) is 36.2 Å². The number of carbonyl (C=O) groups excluding carboxylic acids is 1. The fraction of sp³-hybridized carbons (Fsp3) is 0.500. The zero-order valence-corrected chi connectivity index (χ0v) is 11.6. The van der Waals surface area contributed by atoms with Crippen molar-refractivity contribution < 1.29 is 9.53 Å². The molecule has 1 aromatic heterocycles.